The predicted molar refractivity (Wildman–Crippen MR) is 65.3 cm³/mol. The monoisotopic (exact) mass is 228 g/mol. The molecule has 0 rings (SSSR count). The molecule has 0 bridgehead atoms. The van der Waals surface area contributed by atoms with Crippen molar-refractivity contribution < 1.29 is 14.3 Å². The molecule has 2 atom stereocenters. The lowest BCUT2D eigenvalue weighted by Crippen LogP contribution is -2.36. The molecule has 0 aromatic heterocycles. The Morgan fingerprint density at radius 2 is 1.88 bits per heavy atom. The molecule has 2 unspecified atom stereocenters. The van der Waals surface area contributed by atoms with E-state index in [4.69, 9.17) is 9.47 Å². The second kappa shape index (κ2) is 6.04. The zero-order valence-corrected chi connectivity index (χ0v) is 11.3. The second-order valence-electron chi connectivity index (χ2n) is 5.07. The third-order valence-electron chi connectivity index (χ3n) is 2.07. The topological polar surface area (TPSA) is 35.5 Å². The highest BCUT2D eigenvalue weighted by Gasteiger charge is 2.25. The quantitative estimate of drug-likeness (QED) is 0.536. The lowest BCUT2D eigenvalue weighted by molar-refractivity contribution is -0.160. The molecule has 94 valence electrons. The maximum Gasteiger partial charge on any atom is 0.333 e. The second-order valence-corrected chi connectivity index (χ2v) is 5.07. The first kappa shape index (κ1) is 15.2. The first-order valence-corrected chi connectivity index (χ1v) is 5.71. The summed E-state index contributed by atoms with van der Waals surface area (Å²) in [6.07, 6.45) is 0.396. The van der Waals surface area contributed by atoms with Gasteiger partial charge in [0, 0.05) is 5.57 Å². The van der Waals surface area contributed by atoms with Crippen molar-refractivity contribution in [3.8, 4) is 0 Å². The van der Waals surface area contributed by atoms with Crippen molar-refractivity contribution in [3.63, 3.8) is 0 Å². The van der Waals surface area contributed by atoms with Gasteiger partial charge in [-0.2, -0.15) is 0 Å². The third kappa shape index (κ3) is 5.91. The summed E-state index contributed by atoms with van der Waals surface area (Å²) < 4.78 is 11.1. The van der Waals surface area contributed by atoms with E-state index in [9.17, 15) is 4.79 Å². The van der Waals surface area contributed by atoms with Crippen molar-refractivity contribution >= 4 is 5.97 Å². The van der Waals surface area contributed by atoms with Crippen molar-refractivity contribution in [2.24, 2.45) is 0 Å². The molecular weight excluding hydrogens is 204 g/mol. The third-order valence-corrected chi connectivity index (χ3v) is 2.07. The van der Waals surface area contributed by atoms with Gasteiger partial charge < -0.3 is 9.47 Å². The van der Waals surface area contributed by atoms with Crippen LogP contribution in [0.2, 0.25) is 0 Å². The molecule has 0 aliphatic heterocycles. The molecule has 0 aliphatic rings. The van der Waals surface area contributed by atoms with Gasteiger partial charge in [0.05, 0.1) is 11.7 Å². The fraction of sp³-hybridized carbons (Fsp3) is 0.769. The van der Waals surface area contributed by atoms with Crippen LogP contribution in [0.15, 0.2) is 12.2 Å². The highest BCUT2D eigenvalue weighted by Crippen LogP contribution is 2.17. The summed E-state index contributed by atoms with van der Waals surface area (Å²) in [5.74, 6) is -0.351. The van der Waals surface area contributed by atoms with Crippen LogP contribution < -0.4 is 0 Å². The summed E-state index contributed by atoms with van der Waals surface area (Å²) in [5, 5.41) is 0. The molecule has 0 aromatic carbocycles. The summed E-state index contributed by atoms with van der Waals surface area (Å²) >= 11 is 0. The molecule has 0 aromatic rings. The lowest BCUT2D eigenvalue weighted by atomic mass is 10.1. The summed E-state index contributed by atoms with van der Waals surface area (Å²) in [6.45, 7) is 15.0. The van der Waals surface area contributed by atoms with E-state index >= 15 is 0 Å². The fourth-order valence-corrected chi connectivity index (χ4v) is 1.38. The molecule has 0 radical (unpaired) electrons. The average Bonchev–Trinajstić information content (AvgIpc) is 2.10. The first-order valence-electron chi connectivity index (χ1n) is 5.71. The van der Waals surface area contributed by atoms with Gasteiger partial charge in [-0.1, -0.05) is 13.5 Å². The number of hydrogen-bond donors (Lipinski definition) is 0. The van der Waals surface area contributed by atoms with Gasteiger partial charge in [0.25, 0.3) is 0 Å². The molecule has 0 aliphatic carbocycles. The smallest absolute Gasteiger partial charge is 0.333 e. The van der Waals surface area contributed by atoms with Crippen molar-refractivity contribution in [3.05, 3.63) is 12.2 Å². The van der Waals surface area contributed by atoms with Crippen LogP contribution in [0.3, 0.4) is 0 Å². The number of rotatable bonds is 5. The molecule has 0 fully saturated rings. The van der Waals surface area contributed by atoms with Crippen LogP contribution in [0, 0.1) is 0 Å². The Labute approximate surface area is 98.8 Å². The maximum absolute atomic E-state index is 11.4. The van der Waals surface area contributed by atoms with Gasteiger partial charge in [0.1, 0.15) is 6.10 Å². The van der Waals surface area contributed by atoms with Gasteiger partial charge in [0.15, 0.2) is 0 Å². The Morgan fingerprint density at radius 3 is 2.19 bits per heavy atom. The molecule has 3 heteroatoms. The van der Waals surface area contributed by atoms with Crippen molar-refractivity contribution in [2.75, 3.05) is 0 Å². The minimum atomic E-state index is -0.351. The fourth-order valence-electron chi connectivity index (χ4n) is 1.38. The van der Waals surface area contributed by atoms with Crippen LogP contribution in [0.1, 0.15) is 48.0 Å². The molecule has 0 saturated heterocycles. The number of carbonyl (C=O) groups excluding carboxylic acids is 1. The van der Waals surface area contributed by atoms with E-state index in [1.165, 1.54) is 0 Å². The highest BCUT2D eigenvalue weighted by atomic mass is 16.6. The molecule has 0 spiro atoms. The van der Waals surface area contributed by atoms with Crippen LogP contribution in [0.25, 0.3) is 0 Å². The number of esters is 1. The minimum absolute atomic E-state index is 0.117. The van der Waals surface area contributed by atoms with E-state index < -0.39 is 0 Å². The summed E-state index contributed by atoms with van der Waals surface area (Å²) in [6, 6.07) is 0. The normalized spacial score (nSPS) is 15.4. The highest BCUT2D eigenvalue weighted by molar-refractivity contribution is 5.87. The zero-order chi connectivity index (χ0) is 12.9. The van der Waals surface area contributed by atoms with Gasteiger partial charge in [-0.3, -0.25) is 0 Å². The lowest BCUT2D eigenvalue weighted by Gasteiger charge is -2.30. The van der Waals surface area contributed by atoms with E-state index in [1.54, 1.807) is 6.92 Å². The molecule has 0 N–H and O–H groups in total. The summed E-state index contributed by atoms with van der Waals surface area (Å²) in [4.78, 5) is 11.4. The zero-order valence-electron chi connectivity index (χ0n) is 11.3. The van der Waals surface area contributed by atoms with E-state index in [0.717, 1.165) is 6.42 Å². The molecule has 16 heavy (non-hydrogen) atoms. The molecule has 0 heterocycles. The predicted octanol–water partition coefficient (Wildman–Crippen LogP) is 3.09. The maximum atomic E-state index is 11.4. The van der Waals surface area contributed by atoms with Crippen molar-refractivity contribution in [2.45, 2.75) is 65.8 Å². The number of ether oxygens (including phenoxy) is 2. The SMILES string of the molecule is C=C(C)C(=O)OC(CC)C(C)OC(C)(C)C. The van der Waals surface area contributed by atoms with Gasteiger partial charge in [-0.05, 0) is 41.0 Å². The molecule has 0 saturated carbocycles. The largest absolute Gasteiger partial charge is 0.456 e. The molecule has 3 nitrogen and oxygen atoms in total. The van der Waals surface area contributed by atoms with E-state index in [2.05, 4.69) is 6.58 Å². The summed E-state index contributed by atoms with van der Waals surface area (Å²) in [5.41, 5.74) is 0.184. The first-order chi connectivity index (χ1) is 7.17. The Morgan fingerprint density at radius 1 is 1.38 bits per heavy atom. The Balaban J connectivity index is 4.38. The van der Waals surface area contributed by atoms with Crippen LogP contribution in [0.4, 0.5) is 0 Å². The van der Waals surface area contributed by atoms with Crippen LogP contribution in [0.5, 0.6) is 0 Å². The average molecular weight is 228 g/mol. The van der Waals surface area contributed by atoms with Crippen molar-refractivity contribution in [1.82, 2.24) is 0 Å². The van der Waals surface area contributed by atoms with E-state index in [-0.39, 0.29) is 23.8 Å². The van der Waals surface area contributed by atoms with Crippen LogP contribution in [-0.4, -0.2) is 23.8 Å². The van der Waals surface area contributed by atoms with Crippen LogP contribution in [-0.2, 0) is 14.3 Å². The van der Waals surface area contributed by atoms with Gasteiger partial charge in [-0.15, -0.1) is 0 Å². The molecule has 0 amide bonds. The summed E-state index contributed by atoms with van der Waals surface area (Å²) in [7, 11) is 0. The Bertz CT molecular complexity index is 250. The van der Waals surface area contributed by atoms with Gasteiger partial charge >= 0.3 is 5.97 Å². The standard InChI is InChI=1S/C13H24O3/c1-8-11(15-12(14)9(2)3)10(4)16-13(5,6)7/h10-11H,2,8H2,1,3-7H3. The van der Waals surface area contributed by atoms with Crippen molar-refractivity contribution in [1.29, 1.82) is 0 Å². The Hall–Kier alpha value is -0.830. The minimum Gasteiger partial charge on any atom is -0.456 e. The van der Waals surface area contributed by atoms with Gasteiger partial charge in [-0.25, -0.2) is 4.79 Å². The Kier molecular flexibility index (Phi) is 5.73. The number of carbonyl (C=O) groups is 1. The molecular formula is C13H24O3. The van der Waals surface area contributed by atoms with Crippen LogP contribution >= 0.6 is 0 Å². The van der Waals surface area contributed by atoms with E-state index in [0.29, 0.717) is 5.57 Å². The van der Waals surface area contributed by atoms with E-state index in [1.807, 2.05) is 34.6 Å². The number of hydrogen-bond acceptors (Lipinski definition) is 3. The van der Waals surface area contributed by atoms with Gasteiger partial charge in [0.2, 0.25) is 0 Å².